The number of nitrogens with zero attached hydrogens (tertiary/aromatic N) is 1. The molecule has 1 heterocycles. The van der Waals surface area contributed by atoms with Crippen LogP contribution in [0.25, 0.3) is 0 Å². The molecule has 0 saturated carbocycles. The van der Waals surface area contributed by atoms with E-state index in [1.54, 1.807) is 37.1 Å². The summed E-state index contributed by atoms with van der Waals surface area (Å²) >= 11 is 1.80. The summed E-state index contributed by atoms with van der Waals surface area (Å²) in [6, 6.07) is 12.0. The second-order valence-corrected chi connectivity index (χ2v) is 7.20. The molecule has 0 radical (unpaired) electrons. The van der Waals surface area contributed by atoms with Gasteiger partial charge < -0.3 is 20.2 Å². The SMILES string of the molecule is CCNC(=NCC(C)(O)c1ccco1)NCCSc1ccc(C)cc1.I. The van der Waals surface area contributed by atoms with Crippen LogP contribution >= 0.6 is 35.7 Å². The normalized spacial score (nSPS) is 13.6. The summed E-state index contributed by atoms with van der Waals surface area (Å²) in [5, 5.41) is 17.0. The van der Waals surface area contributed by atoms with Crippen molar-refractivity contribution in [2.75, 3.05) is 25.4 Å². The highest BCUT2D eigenvalue weighted by Gasteiger charge is 2.25. The van der Waals surface area contributed by atoms with Crippen LogP contribution in [0, 0.1) is 6.92 Å². The van der Waals surface area contributed by atoms with Gasteiger partial charge in [-0.3, -0.25) is 0 Å². The van der Waals surface area contributed by atoms with E-state index in [9.17, 15) is 5.11 Å². The average molecular weight is 489 g/mol. The van der Waals surface area contributed by atoms with Gasteiger partial charge in [0.25, 0.3) is 0 Å². The number of aliphatic imine (C=N–C) groups is 1. The fraction of sp³-hybridized carbons (Fsp3) is 0.421. The van der Waals surface area contributed by atoms with Gasteiger partial charge in [0.2, 0.25) is 0 Å². The van der Waals surface area contributed by atoms with E-state index in [1.807, 2.05) is 6.92 Å². The van der Waals surface area contributed by atoms with Gasteiger partial charge >= 0.3 is 0 Å². The topological polar surface area (TPSA) is 69.8 Å². The number of thioether (sulfide) groups is 1. The highest BCUT2D eigenvalue weighted by atomic mass is 127. The third-order valence-electron chi connectivity index (χ3n) is 3.63. The fourth-order valence-corrected chi connectivity index (χ4v) is 2.98. The molecule has 26 heavy (non-hydrogen) atoms. The third kappa shape index (κ3) is 7.59. The summed E-state index contributed by atoms with van der Waals surface area (Å²) in [4.78, 5) is 5.73. The highest BCUT2D eigenvalue weighted by molar-refractivity contribution is 14.0. The molecular weight excluding hydrogens is 461 g/mol. The highest BCUT2D eigenvalue weighted by Crippen LogP contribution is 2.21. The summed E-state index contributed by atoms with van der Waals surface area (Å²) in [7, 11) is 0. The molecule has 0 aliphatic heterocycles. The van der Waals surface area contributed by atoms with Gasteiger partial charge in [0.1, 0.15) is 11.4 Å². The molecule has 0 saturated heterocycles. The molecule has 1 atom stereocenters. The summed E-state index contributed by atoms with van der Waals surface area (Å²) in [6.07, 6.45) is 1.55. The maximum absolute atomic E-state index is 10.5. The minimum atomic E-state index is -1.12. The van der Waals surface area contributed by atoms with E-state index in [0.29, 0.717) is 11.7 Å². The largest absolute Gasteiger partial charge is 0.466 e. The number of halogens is 1. The Morgan fingerprint density at radius 2 is 1.96 bits per heavy atom. The molecule has 0 aliphatic carbocycles. The van der Waals surface area contributed by atoms with Crippen LogP contribution in [0.5, 0.6) is 0 Å². The van der Waals surface area contributed by atoms with E-state index >= 15 is 0 Å². The zero-order chi connectivity index (χ0) is 18.1. The van der Waals surface area contributed by atoms with Crippen molar-refractivity contribution in [3.8, 4) is 0 Å². The van der Waals surface area contributed by atoms with E-state index in [4.69, 9.17) is 4.42 Å². The van der Waals surface area contributed by atoms with Crippen molar-refractivity contribution in [1.82, 2.24) is 10.6 Å². The van der Waals surface area contributed by atoms with Crippen LogP contribution in [0.3, 0.4) is 0 Å². The number of guanidine groups is 1. The molecule has 2 aromatic rings. The number of benzene rings is 1. The lowest BCUT2D eigenvalue weighted by Gasteiger charge is -2.19. The summed E-state index contributed by atoms with van der Waals surface area (Å²) in [5.74, 6) is 2.14. The van der Waals surface area contributed by atoms with Crippen molar-refractivity contribution in [3.05, 3.63) is 54.0 Å². The second kappa shape index (κ2) is 11.5. The first-order valence-electron chi connectivity index (χ1n) is 8.49. The van der Waals surface area contributed by atoms with Gasteiger partial charge in [-0.05, 0) is 45.0 Å². The third-order valence-corrected chi connectivity index (χ3v) is 4.64. The molecule has 5 nitrogen and oxygen atoms in total. The maximum Gasteiger partial charge on any atom is 0.191 e. The predicted octanol–water partition coefficient (Wildman–Crippen LogP) is 3.76. The molecule has 1 aromatic carbocycles. The molecule has 7 heteroatoms. The Hall–Kier alpha value is -1.19. The van der Waals surface area contributed by atoms with Crippen LogP contribution in [0.4, 0.5) is 0 Å². The molecule has 2 rings (SSSR count). The minimum Gasteiger partial charge on any atom is -0.466 e. The molecule has 0 spiro atoms. The van der Waals surface area contributed by atoms with Crippen LogP contribution in [-0.2, 0) is 5.60 Å². The first kappa shape index (κ1) is 22.9. The minimum absolute atomic E-state index is 0. The Balaban J connectivity index is 0.00000338. The quantitative estimate of drug-likeness (QED) is 0.173. The Morgan fingerprint density at radius 1 is 1.23 bits per heavy atom. The van der Waals surface area contributed by atoms with Crippen molar-refractivity contribution < 1.29 is 9.52 Å². The number of hydrogen-bond acceptors (Lipinski definition) is 4. The monoisotopic (exact) mass is 489 g/mol. The zero-order valence-electron chi connectivity index (χ0n) is 15.5. The molecule has 0 amide bonds. The van der Waals surface area contributed by atoms with Crippen molar-refractivity contribution >= 4 is 41.7 Å². The van der Waals surface area contributed by atoms with Crippen LogP contribution < -0.4 is 10.6 Å². The van der Waals surface area contributed by atoms with E-state index in [2.05, 4.69) is 46.8 Å². The first-order valence-corrected chi connectivity index (χ1v) is 9.48. The lowest BCUT2D eigenvalue weighted by molar-refractivity contribution is 0.0437. The Morgan fingerprint density at radius 3 is 2.58 bits per heavy atom. The van der Waals surface area contributed by atoms with E-state index in [-0.39, 0.29) is 30.5 Å². The number of aryl methyl sites for hydroxylation is 1. The van der Waals surface area contributed by atoms with Crippen LogP contribution in [-0.4, -0.2) is 36.5 Å². The number of aliphatic hydroxyl groups is 1. The van der Waals surface area contributed by atoms with Crippen molar-refractivity contribution in [2.45, 2.75) is 31.3 Å². The number of nitrogens with one attached hydrogen (secondary N) is 2. The van der Waals surface area contributed by atoms with Crippen molar-refractivity contribution in [1.29, 1.82) is 0 Å². The maximum atomic E-state index is 10.5. The molecule has 0 fully saturated rings. The van der Waals surface area contributed by atoms with E-state index in [0.717, 1.165) is 18.8 Å². The summed E-state index contributed by atoms with van der Waals surface area (Å²) in [6.45, 7) is 7.58. The van der Waals surface area contributed by atoms with Gasteiger partial charge in [0.05, 0.1) is 12.8 Å². The van der Waals surface area contributed by atoms with Crippen LogP contribution in [0.1, 0.15) is 25.2 Å². The lowest BCUT2D eigenvalue weighted by atomic mass is 10.0. The molecule has 1 unspecified atom stereocenters. The van der Waals surface area contributed by atoms with Gasteiger partial charge in [-0.15, -0.1) is 35.7 Å². The lowest BCUT2D eigenvalue weighted by Crippen LogP contribution is -2.39. The van der Waals surface area contributed by atoms with E-state index < -0.39 is 5.60 Å². The van der Waals surface area contributed by atoms with Gasteiger partial charge in [-0.2, -0.15) is 0 Å². The van der Waals surface area contributed by atoms with Gasteiger partial charge in [0.15, 0.2) is 5.96 Å². The molecule has 3 N–H and O–H groups in total. The second-order valence-electron chi connectivity index (χ2n) is 6.03. The molecule has 1 aromatic heterocycles. The van der Waals surface area contributed by atoms with Gasteiger partial charge in [0, 0.05) is 23.7 Å². The number of rotatable bonds is 8. The predicted molar refractivity (Wildman–Crippen MR) is 120 cm³/mol. The van der Waals surface area contributed by atoms with Gasteiger partial charge in [-0.25, -0.2) is 4.99 Å². The van der Waals surface area contributed by atoms with Crippen LogP contribution in [0.15, 0.2) is 57.0 Å². The van der Waals surface area contributed by atoms with Gasteiger partial charge in [-0.1, -0.05) is 17.7 Å². The average Bonchev–Trinajstić information content (AvgIpc) is 3.13. The summed E-state index contributed by atoms with van der Waals surface area (Å²) in [5.41, 5.74) is 0.148. The number of hydrogen-bond donors (Lipinski definition) is 3. The molecular formula is C19H28IN3O2S. The Kier molecular flexibility index (Phi) is 10.1. The van der Waals surface area contributed by atoms with Crippen LogP contribution in [0.2, 0.25) is 0 Å². The van der Waals surface area contributed by atoms with Crippen molar-refractivity contribution in [2.24, 2.45) is 4.99 Å². The molecule has 144 valence electrons. The zero-order valence-corrected chi connectivity index (χ0v) is 18.6. The van der Waals surface area contributed by atoms with Crippen molar-refractivity contribution in [3.63, 3.8) is 0 Å². The fourth-order valence-electron chi connectivity index (χ4n) is 2.21. The molecule has 0 aliphatic rings. The number of furan rings is 1. The Labute approximate surface area is 177 Å². The Bertz CT molecular complexity index is 658. The standard InChI is InChI=1S/C19H27N3O2S.HI/c1-4-20-18(22-14-19(3,23)17-6-5-12-24-17)21-11-13-25-16-9-7-15(2)8-10-16;/h5-10,12,23H,4,11,13-14H2,1-3H3,(H2,20,21,22);1H. The smallest absolute Gasteiger partial charge is 0.191 e. The molecule has 0 bridgehead atoms. The van der Waals surface area contributed by atoms with E-state index in [1.165, 1.54) is 10.5 Å². The summed E-state index contributed by atoms with van der Waals surface area (Å²) < 4.78 is 5.28. The first-order chi connectivity index (χ1) is 12.0.